The third kappa shape index (κ3) is 3.41. The summed E-state index contributed by atoms with van der Waals surface area (Å²) >= 11 is 5.98. The predicted molar refractivity (Wildman–Crippen MR) is 97.1 cm³/mol. The molecule has 0 amide bonds. The van der Waals surface area contributed by atoms with Crippen molar-refractivity contribution in [3.63, 3.8) is 0 Å². The largest absolute Gasteiger partial charge is 0.508 e. The molecule has 2 aromatic rings. The number of aromatic nitrogens is 2. The normalized spacial score (nSPS) is 26.2. The van der Waals surface area contributed by atoms with Crippen molar-refractivity contribution < 1.29 is 9.84 Å². The highest BCUT2D eigenvalue weighted by Crippen LogP contribution is 2.35. The Kier molecular flexibility index (Phi) is 4.71. The minimum absolute atomic E-state index is 0.0798. The Labute approximate surface area is 153 Å². The second-order valence-corrected chi connectivity index (χ2v) is 7.50. The Morgan fingerprint density at radius 2 is 2.24 bits per heavy atom. The number of morpholine rings is 1. The summed E-state index contributed by atoms with van der Waals surface area (Å²) < 4.78 is 8.29. The van der Waals surface area contributed by atoms with Crippen LogP contribution >= 0.6 is 11.6 Å². The molecule has 0 unspecified atom stereocenters. The Balaban J connectivity index is 1.56. The maximum atomic E-state index is 10.2. The number of phenolic OH excluding ortho intramolecular Hbond substituents is 1. The summed E-state index contributed by atoms with van der Waals surface area (Å²) in [7, 11) is 0. The summed E-state index contributed by atoms with van der Waals surface area (Å²) in [5.41, 5.74) is 2.30. The van der Waals surface area contributed by atoms with Crippen molar-refractivity contribution >= 4 is 11.6 Å². The van der Waals surface area contributed by atoms with Crippen molar-refractivity contribution in [3.05, 3.63) is 46.7 Å². The fourth-order valence-corrected chi connectivity index (χ4v) is 4.38. The van der Waals surface area contributed by atoms with Gasteiger partial charge in [-0.15, -0.1) is 0 Å². The second kappa shape index (κ2) is 6.98. The van der Waals surface area contributed by atoms with E-state index in [2.05, 4.69) is 23.0 Å². The van der Waals surface area contributed by atoms with Gasteiger partial charge in [-0.2, -0.15) is 5.10 Å². The van der Waals surface area contributed by atoms with Gasteiger partial charge in [0.2, 0.25) is 0 Å². The van der Waals surface area contributed by atoms with Crippen LogP contribution in [-0.4, -0.2) is 51.1 Å². The van der Waals surface area contributed by atoms with Crippen LogP contribution in [0.25, 0.3) is 0 Å². The number of halogens is 1. The van der Waals surface area contributed by atoms with Crippen molar-refractivity contribution in [2.24, 2.45) is 0 Å². The summed E-state index contributed by atoms with van der Waals surface area (Å²) in [6.07, 6.45) is 6.51. The Hall–Kier alpha value is -1.56. The van der Waals surface area contributed by atoms with Crippen LogP contribution in [-0.2, 0) is 24.1 Å². The fraction of sp³-hybridized carbons (Fsp3) is 0.526. The van der Waals surface area contributed by atoms with Gasteiger partial charge in [0.15, 0.2) is 0 Å². The molecule has 5 nitrogen and oxygen atoms in total. The van der Waals surface area contributed by atoms with E-state index in [0.29, 0.717) is 23.4 Å². The quantitative estimate of drug-likeness (QED) is 0.909. The molecule has 4 rings (SSSR count). The van der Waals surface area contributed by atoms with Crippen molar-refractivity contribution in [1.29, 1.82) is 0 Å². The highest BCUT2D eigenvalue weighted by Gasteiger charge is 2.40. The molecule has 25 heavy (non-hydrogen) atoms. The van der Waals surface area contributed by atoms with E-state index < -0.39 is 0 Å². The molecule has 1 N–H and O–H groups in total. The molecule has 6 heteroatoms. The molecule has 134 valence electrons. The predicted octanol–water partition coefficient (Wildman–Crippen LogP) is 2.89. The molecular formula is C19H24ClN3O2. The topological polar surface area (TPSA) is 50.5 Å². The van der Waals surface area contributed by atoms with Crippen LogP contribution in [0.15, 0.2) is 30.6 Å². The van der Waals surface area contributed by atoms with Gasteiger partial charge in [0.05, 0.1) is 30.0 Å². The average molecular weight is 362 g/mol. The first-order valence-corrected chi connectivity index (χ1v) is 9.39. The summed E-state index contributed by atoms with van der Waals surface area (Å²) in [5, 5.41) is 15.2. The van der Waals surface area contributed by atoms with Crippen LogP contribution in [0.1, 0.15) is 24.5 Å². The first-order valence-electron chi connectivity index (χ1n) is 9.01. The van der Waals surface area contributed by atoms with Crippen LogP contribution < -0.4 is 0 Å². The van der Waals surface area contributed by atoms with Crippen molar-refractivity contribution in [1.82, 2.24) is 14.7 Å². The van der Waals surface area contributed by atoms with E-state index in [1.54, 1.807) is 12.3 Å². The Bertz CT molecular complexity index is 748. The van der Waals surface area contributed by atoms with Gasteiger partial charge in [-0.1, -0.05) is 30.7 Å². The summed E-state index contributed by atoms with van der Waals surface area (Å²) in [6, 6.07) is 6.22. The molecule has 1 aliphatic carbocycles. The minimum Gasteiger partial charge on any atom is -0.508 e. The third-order valence-corrected chi connectivity index (χ3v) is 5.48. The number of fused-ring (bicyclic) bond motifs is 2. The molecule has 1 aromatic carbocycles. The van der Waals surface area contributed by atoms with Crippen LogP contribution in [0.2, 0.25) is 5.02 Å². The van der Waals surface area contributed by atoms with Gasteiger partial charge in [-0.25, -0.2) is 0 Å². The smallest absolute Gasteiger partial charge is 0.119 e. The molecular weight excluding hydrogens is 338 g/mol. The summed E-state index contributed by atoms with van der Waals surface area (Å²) in [5.74, 6) is 0.391. The number of ether oxygens (including phenoxy) is 1. The highest BCUT2D eigenvalue weighted by molar-refractivity contribution is 6.30. The van der Waals surface area contributed by atoms with Gasteiger partial charge in [-0.3, -0.25) is 9.58 Å². The van der Waals surface area contributed by atoms with Crippen molar-refractivity contribution in [2.45, 2.75) is 51.0 Å². The van der Waals surface area contributed by atoms with Gasteiger partial charge in [0.25, 0.3) is 0 Å². The fourth-order valence-electron chi connectivity index (χ4n) is 4.22. The first kappa shape index (κ1) is 16.9. The maximum Gasteiger partial charge on any atom is 0.119 e. The van der Waals surface area contributed by atoms with Gasteiger partial charge in [0, 0.05) is 25.2 Å². The minimum atomic E-state index is 0.0798. The number of rotatable bonds is 4. The van der Waals surface area contributed by atoms with Crippen LogP contribution in [0, 0.1) is 0 Å². The number of benzene rings is 1. The number of phenols is 1. The van der Waals surface area contributed by atoms with E-state index in [1.807, 2.05) is 16.9 Å². The second-order valence-electron chi connectivity index (χ2n) is 7.06. The number of aromatic hydroxyl groups is 1. The lowest BCUT2D eigenvalue weighted by molar-refractivity contribution is -0.128. The summed E-state index contributed by atoms with van der Waals surface area (Å²) in [6.45, 7) is 4.88. The van der Waals surface area contributed by atoms with E-state index in [-0.39, 0.29) is 12.2 Å². The molecule has 2 heterocycles. The Morgan fingerprint density at radius 3 is 3.00 bits per heavy atom. The molecule has 1 aliphatic heterocycles. The molecule has 2 aliphatic rings. The third-order valence-electron chi connectivity index (χ3n) is 5.29. The number of hydrogen-bond donors (Lipinski definition) is 1. The molecule has 0 radical (unpaired) electrons. The lowest BCUT2D eigenvalue weighted by Crippen LogP contribution is -2.58. The Morgan fingerprint density at radius 1 is 1.36 bits per heavy atom. The molecule has 0 bridgehead atoms. The molecule has 1 aromatic heterocycles. The SMILES string of the molecule is CCCN1C[C@H](Cn2cc(Cl)cn2)O[C@@H]2Cc3c(O)cccc3C[C@H]21. The zero-order valence-corrected chi connectivity index (χ0v) is 15.2. The van der Waals surface area contributed by atoms with E-state index in [4.69, 9.17) is 16.3 Å². The van der Waals surface area contributed by atoms with E-state index in [9.17, 15) is 5.11 Å². The number of hydrogen-bond acceptors (Lipinski definition) is 4. The van der Waals surface area contributed by atoms with Gasteiger partial charge in [0.1, 0.15) is 5.75 Å². The first-order chi connectivity index (χ1) is 12.1. The maximum absolute atomic E-state index is 10.2. The lowest BCUT2D eigenvalue weighted by atomic mass is 9.83. The zero-order chi connectivity index (χ0) is 17.4. The lowest BCUT2D eigenvalue weighted by Gasteiger charge is -2.47. The van der Waals surface area contributed by atoms with Crippen molar-refractivity contribution in [3.8, 4) is 5.75 Å². The van der Waals surface area contributed by atoms with Crippen LogP contribution in [0.3, 0.4) is 0 Å². The number of nitrogens with zero attached hydrogens (tertiary/aromatic N) is 3. The highest BCUT2D eigenvalue weighted by atomic mass is 35.5. The monoisotopic (exact) mass is 361 g/mol. The van der Waals surface area contributed by atoms with E-state index in [0.717, 1.165) is 37.9 Å². The average Bonchev–Trinajstić information content (AvgIpc) is 2.99. The van der Waals surface area contributed by atoms with Gasteiger partial charge in [-0.05, 0) is 36.6 Å². The van der Waals surface area contributed by atoms with E-state index in [1.165, 1.54) is 5.56 Å². The molecule has 1 saturated heterocycles. The zero-order valence-electron chi connectivity index (χ0n) is 14.4. The van der Waals surface area contributed by atoms with Gasteiger partial charge < -0.3 is 9.84 Å². The standard InChI is InChI=1S/C19H24ClN3O2/c1-2-6-22-11-15(12-23-10-14(20)9-21-23)25-19-8-16-13(7-17(19)22)4-3-5-18(16)24/h3-5,9-10,15,17,19,24H,2,6-8,11-12H2,1H3/t15-,17-,19-/m1/s1. The van der Waals surface area contributed by atoms with Crippen LogP contribution in [0.5, 0.6) is 5.75 Å². The van der Waals surface area contributed by atoms with Crippen LogP contribution in [0.4, 0.5) is 0 Å². The molecule has 1 fully saturated rings. The molecule has 3 atom stereocenters. The van der Waals surface area contributed by atoms with Crippen molar-refractivity contribution in [2.75, 3.05) is 13.1 Å². The van der Waals surface area contributed by atoms with Gasteiger partial charge >= 0.3 is 0 Å². The summed E-state index contributed by atoms with van der Waals surface area (Å²) in [4.78, 5) is 2.55. The van der Waals surface area contributed by atoms with E-state index >= 15 is 0 Å². The molecule has 0 saturated carbocycles. The molecule has 0 spiro atoms.